The molecular formula is C12H14FNO2S. The number of nitrogens with one attached hydrogen (secondary N) is 1. The first-order valence-corrected chi connectivity index (χ1v) is 7.45. The number of fused-ring (bicyclic) bond motifs is 3. The van der Waals surface area contributed by atoms with Crippen molar-refractivity contribution in [1.82, 2.24) is 5.32 Å². The summed E-state index contributed by atoms with van der Waals surface area (Å²) < 4.78 is 37.3. The molecule has 1 N–H and O–H groups in total. The molecule has 3 unspecified atom stereocenters. The second-order valence-electron chi connectivity index (χ2n) is 4.96. The van der Waals surface area contributed by atoms with Crippen molar-refractivity contribution in [3.05, 3.63) is 35.1 Å². The summed E-state index contributed by atoms with van der Waals surface area (Å²) in [6.45, 7) is 1.87. The molecule has 2 aliphatic rings. The molecule has 1 aliphatic heterocycles. The Balaban J connectivity index is 2.09. The van der Waals surface area contributed by atoms with Gasteiger partial charge in [0.1, 0.15) is 5.82 Å². The van der Waals surface area contributed by atoms with Gasteiger partial charge >= 0.3 is 0 Å². The minimum absolute atomic E-state index is 0.0442. The van der Waals surface area contributed by atoms with E-state index in [1.165, 1.54) is 12.1 Å². The lowest BCUT2D eigenvalue weighted by atomic mass is 10.1. The van der Waals surface area contributed by atoms with Crippen LogP contribution >= 0.6 is 0 Å². The summed E-state index contributed by atoms with van der Waals surface area (Å²) >= 11 is 0. The van der Waals surface area contributed by atoms with Crippen LogP contribution in [0.25, 0.3) is 0 Å². The molecule has 1 heterocycles. The summed E-state index contributed by atoms with van der Waals surface area (Å²) in [6, 6.07) is 4.34. The van der Waals surface area contributed by atoms with Gasteiger partial charge in [0, 0.05) is 12.1 Å². The smallest absolute Gasteiger partial charge is 0.156 e. The third-order valence-corrected chi connectivity index (χ3v) is 5.97. The fourth-order valence-corrected chi connectivity index (χ4v) is 5.06. The van der Waals surface area contributed by atoms with E-state index in [2.05, 4.69) is 5.32 Å². The van der Waals surface area contributed by atoms with Crippen molar-refractivity contribution in [3.63, 3.8) is 0 Å². The van der Waals surface area contributed by atoms with Crippen molar-refractivity contribution in [2.45, 2.75) is 30.7 Å². The Kier molecular flexibility index (Phi) is 2.32. The van der Waals surface area contributed by atoms with Crippen molar-refractivity contribution in [1.29, 1.82) is 0 Å². The normalized spacial score (nSPS) is 34.1. The summed E-state index contributed by atoms with van der Waals surface area (Å²) in [5.41, 5.74) is 1.76. The first kappa shape index (κ1) is 11.2. The molecule has 3 nitrogen and oxygen atoms in total. The lowest BCUT2D eigenvalue weighted by Gasteiger charge is -2.31. The monoisotopic (exact) mass is 255 g/mol. The molecule has 1 aliphatic carbocycles. The van der Waals surface area contributed by atoms with Gasteiger partial charge in [0.2, 0.25) is 0 Å². The average Bonchev–Trinajstić information content (AvgIpc) is 2.55. The SMILES string of the molecule is CC1CS(=O)(=O)C2Cc3cc(F)ccc3C2N1. The highest BCUT2D eigenvalue weighted by molar-refractivity contribution is 7.92. The van der Waals surface area contributed by atoms with Crippen molar-refractivity contribution in [3.8, 4) is 0 Å². The molecule has 0 saturated carbocycles. The maximum Gasteiger partial charge on any atom is 0.156 e. The molecule has 0 bridgehead atoms. The number of benzene rings is 1. The van der Waals surface area contributed by atoms with E-state index in [9.17, 15) is 12.8 Å². The Hall–Kier alpha value is -0.940. The molecule has 92 valence electrons. The molecular weight excluding hydrogens is 241 g/mol. The summed E-state index contributed by atoms with van der Waals surface area (Å²) in [5, 5.41) is 2.89. The van der Waals surface area contributed by atoms with Crippen LogP contribution in [0.15, 0.2) is 18.2 Å². The number of sulfone groups is 1. The molecule has 3 atom stereocenters. The molecule has 5 heteroatoms. The van der Waals surface area contributed by atoms with E-state index < -0.39 is 15.1 Å². The molecule has 1 saturated heterocycles. The van der Waals surface area contributed by atoms with Crippen LogP contribution in [0.4, 0.5) is 4.39 Å². The number of hydrogen-bond acceptors (Lipinski definition) is 3. The van der Waals surface area contributed by atoms with Gasteiger partial charge in [-0.1, -0.05) is 6.07 Å². The maximum atomic E-state index is 13.1. The minimum atomic E-state index is -3.07. The third kappa shape index (κ3) is 1.68. The molecule has 0 amide bonds. The van der Waals surface area contributed by atoms with Crippen LogP contribution in [0.1, 0.15) is 24.1 Å². The van der Waals surface area contributed by atoms with Gasteiger partial charge in [0.15, 0.2) is 9.84 Å². The minimum Gasteiger partial charge on any atom is -0.305 e. The summed E-state index contributed by atoms with van der Waals surface area (Å²) in [6.07, 6.45) is 0.430. The molecule has 1 fully saturated rings. The molecule has 17 heavy (non-hydrogen) atoms. The second-order valence-corrected chi connectivity index (χ2v) is 7.23. The first-order chi connectivity index (χ1) is 7.97. The van der Waals surface area contributed by atoms with Crippen molar-refractivity contribution in [2.24, 2.45) is 0 Å². The Bertz CT molecular complexity index is 570. The third-order valence-electron chi connectivity index (χ3n) is 3.64. The van der Waals surface area contributed by atoms with Crippen LogP contribution in [0.3, 0.4) is 0 Å². The second kappa shape index (κ2) is 3.53. The van der Waals surface area contributed by atoms with E-state index in [1.54, 1.807) is 6.07 Å². The summed E-state index contributed by atoms with van der Waals surface area (Å²) in [4.78, 5) is 0. The van der Waals surface area contributed by atoms with Crippen LogP contribution in [0.2, 0.25) is 0 Å². The highest BCUT2D eigenvalue weighted by atomic mass is 32.2. The fraction of sp³-hybridized carbons (Fsp3) is 0.500. The Morgan fingerprint density at radius 3 is 2.94 bits per heavy atom. The van der Waals surface area contributed by atoms with E-state index in [4.69, 9.17) is 0 Å². The molecule has 3 rings (SSSR count). The number of halogens is 1. The molecule has 0 aromatic heterocycles. The van der Waals surface area contributed by atoms with Gasteiger partial charge in [-0.3, -0.25) is 0 Å². The van der Waals surface area contributed by atoms with E-state index in [1.807, 2.05) is 6.92 Å². The van der Waals surface area contributed by atoms with E-state index in [0.717, 1.165) is 11.1 Å². The predicted molar refractivity (Wildman–Crippen MR) is 63.0 cm³/mol. The zero-order valence-corrected chi connectivity index (χ0v) is 10.3. The molecule has 0 radical (unpaired) electrons. The zero-order chi connectivity index (χ0) is 12.2. The predicted octanol–water partition coefficient (Wildman–Crippen LogP) is 1.20. The van der Waals surface area contributed by atoms with Crippen LogP contribution < -0.4 is 5.32 Å². The van der Waals surface area contributed by atoms with E-state index in [-0.39, 0.29) is 23.7 Å². The van der Waals surface area contributed by atoms with Crippen LogP contribution in [0.5, 0.6) is 0 Å². The van der Waals surface area contributed by atoms with Crippen LogP contribution in [-0.2, 0) is 16.3 Å². The number of hydrogen-bond donors (Lipinski definition) is 1. The van der Waals surface area contributed by atoms with Crippen molar-refractivity contribution in [2.75, 3.05) is 5.75 Å². The lowest BCUT2D eigenvalue weighted by molar-refractivity contribution is 0.434. The highest BCUT2D eigenvalue weighted by Crippen LogP contribution is 2.38. The van der Waals surface area contributed by atoms with Gasteiger partial charge in [-0.25, -0.2) is 12.8 Å². The Morgan fingerprint density at radius 2 is 2.18 bits per heavy atom. The molecule has 1 aromatic rings. The van der Waals surface area contributed by atoms with Gasteiger partial charge in [-0.05, 0) is 36.6 Å². The van der Waals surface area contributed by atoms with Crippen LogP contribution in [-0.4, -0.2) is 25.5 Å². The molecule has 0 spiro atoms. The summed E-state index contributed by atoms with van der Waals surface area (Å²) in [5.74, 6) is -0.127. The van der Waals surface area contributed by atoms with Crippen molar-refractivity contribution < 1.29 is 12.8 Å². The highest BCUT2D eigenvalue weighted by Gasteiger charge is 2.45. The van der Waals surface area contributed by atoms with Crippen molar-refractivity contribution >= 4 is 9.84 Å². The lowest BCUT2D eigenvalue weighted by Crippen LogP contribution is -2.49. The quantitative estimate of drug-likeness (QED) is 0.757. The Labute approximate surface area is 100.0 Å². The van der Waals surface area contributed by atoms with Gasteiger partial charge in [-0.2, -0.15) is 0 Å². The van der Waals surface area contributed by atoms with E-state index >= 15 is 0 Å². The summed E-state index contributed by atoms with van der Waals surface area (Å²) in [7, 11) is -3.07. The Morgan fingerprint density at radius 1 is 1.41 bits per heavy atom. The van der Waals surface area contributed by atoms with Crippen LogP contribution in [0, 0.1) is 5.82 Å². The number of rotatable bonds is 0. The van der Waals surface area contributed by atoms with Gasteiger partial charge in [-0.15, -0.1) is 0 Å². The van der Waals surface area contributed by atoms with Gasteiger partial charge in [0.25, 0.3) is 0 Å². The van der Waals surface area contributed by atoms with E-state index in [0.29, 0.717) is 6.42 Å². The maximum absolute atomic E-state index is 13.1. The standard InChI is InChI=1S/C12H14FNO2S/c1-7-6-17(15,16)11-5-8-4-9(13)2-3-10(8)12(11)14-7/h2-4,7,11-12,14H,5-6H2,1H3. The first-order valence-electron chi connectivity index (χ1n) is 5.73. The average molecular weight is 255 g/mol. The molecule has 1 aromatic carbocycles. The topological polar surface area (TPSA) is 46.2 Å². The van der Waals surface area contributed by atoms with Gasteiger partial charge in [0.05, 0.1) is 11.0 Å². The fourth-order valence-electron chi connectivity index (χ4n) is 2.95. The largest absolute Gasteiger partial charge is 0.305 e. The van der Waals surface area contributed by atoms with Gasteiger partial charge < -0.3 is 5.32 Å². The zero-order valence-electron chi connectivity index (χ0n) is 9.48.